The summed E-state index contributed by atoms with van der Waals surface area (Å²) in [5.41, 5.74) is 4.16. The van der Waals surface area contributed by atoms with Gasteiger partial charge in [0.25, 0.3) is 17.5 Å². The van der Waals surface area contributed by atoms with Gasteiger partial charge in [-0.2, -0.15) is 0 Å². The Morgan fingerprint density at radius 1 is 0.811 bits per heavy atom. The Morgan fingerprint density at radius 3 is 1.95 bits per heavy atom. The summed E-state index contributed by atoms with van der Waals surface area (Å²) in [6, 6.07) is 21.9. The molecular formula is C29H27N3O5. The predicted molar refractivity (Wildman–Crippen MR) is 143 cm³/mol. The maximum atomic E-state index is 12.7. The van der Waals surface area contributed by atoms with Gasteiger partial charge in [-0.3, -0.25) is 19.7 Å². The predicted octanol–water partition coefficient (Wildman–Crippen LogP) is 6.97. The standard InChI is InChI=1S/C29H27N3O5/c1-18-17-23(32(35)36)13-14-24(18)25-15-16-26(37-25)28(34)31-22-11-9-21(10-12-22)30-27(33)19-5-7-20(8-6-19)29(2,3)4/h5-17H,1-4H3,(H,30,33)(H,31,34). The highest BCUT2D eigenvalue weighted by atomic mass is 16.6. The number of benzene rings is 3. The number of nitro groups is 1. The maximum Gasteiger partial charge on any atom is 0.291 e. The van der Waals surface area contributed by atoms with Crippen LogP contribution in [-0.4, -0.2) is 16.7 Å². The van der Waals surface area contributed by atoms with E-state index >= 15 is 0 Å². The Hall–Kier alpha value is -4.72. The smallest absolute Gasteiger partial charge is 0.291 e. The van der Waals surface area contributed by atoms with Crippen molar-refractivity contribution in [2.75, 3.05) is 10.6 Å². The summed E-state index contributed by atoms with van der Waals surface area (Å²) in [5.74, 6) is -0.126. The van der Waals surface area contributed by atoms with Crippen LogP contribution in [0.4, 0.5) is 17.1 Å². The molecule has 0 spiro atoms. The summed E-state index contributed by atoms with van der Waals surface area (Å²) in [4.78, 5) is 35.8. The topological polar surface area (TPSA) is 114 Å². The van der Waals surface area contributed by atoms with E-state index in [1.165, 1.54) is 12.1 Å². The molecule has 0 aliphatic rings. The third-order valence-corrected chi connectivity index (χ3v) is 5.93. The number of aryl methyl sites for hydroxylation is 1. The average molecular weight is 498 g/mol. The van der Waals surface area contributed by atoms with Crippen LogP contribution < -0.4 is 10.6 Å². The molecule has 0 unspecified atom stereocenters. The van der Waals surface area contributed by atoms with Crippen molar-refractivity contribution in [2.45, 2.75) is 33.1 Å². The number of nitrogens with one attached hydrogen (secondary N) is 2. The quantitative estimate of drug-likeness (QED) is 0.221. The minimum Gasteiger partial charge on any atom is -0.451 e. The van der Waals surface area contributed by atoms with Crippen LogP contribution in [0.1, 0.15) is 52.8 Å². The number of nitro benzene ring substituents is 1. The molecular weight excluding hydrogens is 470 g/mol. The Labute approximate surface area is 214 Å². The van der Waals surface area contributed by atoms with Crippen molar-refractivity contribution < 1.29 is 18.9 Å². The molecule has 8 nitrogen and oxygen atoms in total. The van der Waals surface area contributed by atoms with E-state index in [4.69, 9.17) is 4.42 Å². The van der Waals surface area contributed by atoms with Crippen LogP contribution in [0.2, 0.25) is 0 Å². The van der Waals surface area contributed by atoms with E-state index < -0.39 is 10.8 Å². The lowest BCUT2D eigenvalue weighted by Crippen LogP contribution is -2.14. The van der Waals surface area contributed by atoms with Crippen LogP contribution in [0.15, 0.2) is 83.3 Å². The maximum absolute atomic E-state index is 12.7. The van der Waals surface area contributed by atoms with Gasteiger partial charge in [0.15, 0.2) is 5.76 Å². The second-order valence-electron chi connectivity index (χ2n) is 9.73. The molecule has 2 N–H and O–H groups in total. The van der Waals surface area contributed by atoms with Crippen molar-refractivity contribution in [3.05, 3.63) is 111 Å². The largest absolute Gasteiger partial charge is 0.451 e. The van der Waals surface area contributed by atoms with Gasteiger partial charge in [0.2, 0.25) is 0 Å². The Morgan fingerprint density at radius 2 is 1.41 bits per heavy atom. The molecule has 0 bridgehead atoms. The molecule has 3 aromatic carbocycles. The molecule has 0 saturated carbocycles. The number of amides is 2. The first-order valence-electron chi connectivity index (χ1n) is 11.7. The molecule has 0 aliphatic carbocycles. The first-order valence-corrected chi connectivity index (χ1v) is 11.7. The highest BCUT2D eigenvalue weighted by molar-refractivity contribution is 6.05. The molecule has 37 heavy (non-hydrogen) atoms. The number of non-ortho nitro benzene ring substituents is 1. The number of nitrogens with zero attached hydrogens (tertiary/aromatic N) is 1. The Balaban J connectivity index is 1.38. The van der Waals surface area contributed by atoms with Crippen molar-refractivity contribution in [2.24, 2.45) is 0 Å². The zero-order chi connectivity index (χ0) is 26.7. The third-order valence-electron chi connectivity index (χ3n) is 5.93. The Bertz CT molecular complexity index is 1460. The number of furan rings is 1. The average Bonchev–Trinajstić information content (AvgIpc) is 3.35. The van der Waals surface area contributed by atoms with Crippen LogP contribution in [0.3, 0.4) is 0 Å². The number of hydrogen-bond acceptors (Lipinski definition) is 5. The third kappa shape index (κ3) is 5.92. The van der Waals surface area contributed by atoms with Gasteiger partial charge in [-0.1, -0.05) is 32.9 Å². The molecule has 0 fully saturated rings. The fourth-order valence-electron chi connectivity index (χ4n) is 3.80. The van der Waals surface area contributed by atoms with Gasteiger partial charge in [0.1, 0.15) is 5.76 Å². The van der Waals surface area contributed by atoms with Crippen LogP contribution in [0.5, 0.6) is 0 Å². The number of carbonyl (C=O) groups is 2. The normalized spacial score (nSPS) is 11.1. The minimum atomic E-state index is -0.460. The second kappa shape index (κ2) is 10.1. The summed E-state index contributed by atoms with van der Waals surface area (Å²) < 4.78 is 5.70. The van der Waals surface area contributed by atoms with Gasteiger partial charge >= 0.3 is 0 Å². The highest BCUT2D eigenvalue weighted by Crippen LogP contribution is 2.29. The number of carbonyl (C=O) groups excluding carboxylic acids is 2. The monoisotopic (exact) mass is 497 g/mol. The molecule has 0 radical (unpaired) electrons. The molecule has 4 aromatic rings. The molecule has 8 heteroatoms. The first kappa shape index (κ1) is 25.4. The van der Waals surface area contributed by atoms with Gasteiger partial charge in [0.05, 0.1) is 4.92 Å². The lowest BCUT2D eigenvalue weighted by atomic mass is 9.87. The summed E-state index contributed by atoms with van der Waals surface area (Å²) >= 11 is 0. The minimum absolute atomic E-state index is 0.0101. The summed E-state index contributed by atoms with van der Waals surface area (Å²) in [6.45, 7) is 8.10. The molecule has 188 valence electrons. The Kier molecular flexibility index (Phi) is 6.93. The van der Waals surface area contributed by atoms with E-state index in [1.54, 1.807) is 61.5 Å². The van der Waals surface area contributed by atoms with Crippen LogP contribution in [-0.2, 0) is 5.41 Å². The summed E-state index contributed by atoms with van der Waals surface area (Å²) in [7, 11) is 0. The number of anilines is 2. The molecule has 1 aromatic heterocycles. The van der Waals surface area contributed by atoms with Crippen molar-refractivity contribution in [1.82, 2.24) is 0 Å². The molecule has 2 amide bonds. The zero-order valence-corrected chi connectivity index (χ0v) is 21.0. The van der Waals surface area contributed by atoms with Gasteiger partial charge in [-0.25, -0.2) is 0 Å². The summed E-state index contributed by atoms with van der Waals surface area (Å²) in [6.07, 6.45) is 0. The zero-order valence-electron chi connectivity index (χ0n) is 21.0. The SMILES string of the molecule is Cc1cc([N+](=O)[O-])ccc1-c1ccc(C(=O)Nc2ccc(NC(=O)c3ccc(C(C)(C)C)cc3)cc2)o1. The first-order chi connectivity index (χ1) is 17.5. The van der Waals surface area contributed by atoms with Crippen LogP contribution in [0.25, 0.3) is 11.3 Å². The lowest BCUT2D eigenvalue weighted by molar-refractivity contribution is -0.384. The van der Waals surface area contributed by atoms with E-state index in [9.17, 15) is 19.7 Å². The molecule has 0 atom stereocenters. The van der Waals surface area contributed by atoms with Crippen molar-refractivity contribution in [1.29, 1.82) is 0 Å². The molecule has 0 aliphatic heterocycles. The fraction of sp³-hybridized carbons (Fsp3) is 0.172. The van der Waals surface area contributed by atoms with Gasteiger partial charge in [-0.05, 0) is 78.1 Å². The van der Waals surface area contributed by atoms with E-state index in [0.29, 0.717) is 33.8 Å². The highest BCUT2D eigenvalue weighted by Gasteiger charge is 2.17. The molecule has 4 rings (SSSR count). The molecule has 1 heterocycles. The van der Waals surface area contributed by atoms with Gasteiger partial charge in [0, 0.05) is 34.6 Å². The van der Waals surface area contributed by atoms with E-state index in [2.05, 4.69) is 31.4 Å². The van der Waals surface area contributed by atoms with Gasteiger partial charge in [-0.15, -0.1) is 0 Å². The van der Waals surface area contributed by atoms with Crippen molar-refractivity contribution in [3.63, 3.8) is 0 Å². The second-order valence-corrected chi connectivity index (χ2v) is 9.73. The lowest BCUT2D eigenvalue weighted by Gasteiger charge is -2.19. The van der Waals surface area contributed by atoms with E-state index in [1.807, 2.05) is 12.1 Å². The number of rotatable bonds is 6. The van der Waals surface area contributed by atoms with Gasteiger partial charge < -0.3 is 15.1 Å². The van der Waals surface area contributed by atoms with E-state index in [-0.39, 0.29) is 22.8 Å². The van der Waals surface area contributed by atoms with Crippen molar-refractivity contribution >= 4 is 28.9 Å². The fourth-order valence-corrected chi connectivity index (χ4v) is 3.80. The number of hydrogen-bond donors (Lipinski definition) is 2. The van der Waals surface area contributed by atoms with Crippen molar-refractivity contribution in [3.8, 4) is 11.3 Å². The van der Waals surface area contributed by atoms with E-state index in [0.717, 1.165) is 5.56 Å². The summed E-state index contributed by atoms with van der Waals surface area (Å²) in [5, 5.41) is 16.6. The van der Waals surface area contributed by atoms with Crippen LogP contribution in [0, 0.1) is 17.0 Å². The molecule has 0 saturated heterocycles. The van der Waals surface area contributed by atoms with Crippen LogP contribution >= 0.6 is 0 Å².